The van der Waals surface area contributed by atoms with Crippen molar-refractivity contribution in [3.63, 3.8) is 0 Å². The maximum Gasteiger partial charge on any atom is 0.494 e. The summed E-state index contributed by atoms with van der Waals surface area (Å²) >= 11 is 0. The van der Waals surface area contributed by atoms with Crippen molar-refractivity contribution in [2.24, 2.45) is 0 Å². The SMILES string of the molecule is COc1ccc(Cn2cc(-c3ccc(B4OC(C)(C)C(C)(C)O4)cc3)nn2)cc1. The van der Waals surface area contributed by atoms with Crippen molar-refractivity contribution in [1.82, 2.24) is 15.0 Å². The highest BCUT2D eigenvalue weighted by molar-refractivity contribution is 6.62. The van der Waals surface area contributed by atoms with Crippen LogP contribution in [0.4, 0.5) is 0 Å². The maximum atomic E-state index is 6.12. The van der Waals surface area contributed by atoms with E-state index < -0.39 is 0 Å². The number of methoxy groups -OCH3 is 1. The van der Waals surface area contributed by atoms with E-state index in [0.717, 1.165) is 28.0 Å². The largest absolute Gasteiger partial charge is 0.497 e. The van der Waals surface area contributed by atoms with Gasteiger partial charge in [0.25, 0.3) is 0 Å². The molecular weight excluding hydrogens is 365 g/mol. The minimum absolute atomic E-state index is 0.347. The van der Waals surface area contributed by atoms with Crippen molar-refractivity contribution >= 4 is 12.6 Å². The molecule has 1 fully saturated rings. The predicted molar refractivity (Wildman–Crippen MR) is 113 cm³/mol. The quantitative estimate of drug-likeness (QED) is 0.625. The molecule has 1 saturated heterocycles. The van der Waals surface area contributed by atoms with E-state index in [9.17, 15) is 0 Å². The lowest BCUT2D eigenvalue weighted by Gasteiger charge is -2.32. The minimum atomic E-state index is -0.361. The molecule has 29 heavy (non-hydrogen) atoms. The molecule has 2 heterocycles. The van der Waals surface area contributed by atoms with E-state index in [4.69, 9.17) is 14.0 Å². The number of ether oxygens (including phenoxy) is 1. The highest BCUT2D eigenvalue weighted by Crippen LogP contribution is 2.36. The van der Waals surface area contributed by atoms with Gasteiger partial charge in [0.05, 0.1) is 31.1 Å². The van der Waals surface area contributed by atoms with Crippen LogP contribution in [-0.4, -0.2) is 40.4 Å². The number of nitrogens with zero attached hydrogens (tertiary/aromatic N) is 3. The zero-order chi connectivity index (χ0) is 20.6. The Hall–Kier alpha value is -2.64. The number of rotatable bonds is 5. The summed E-state index contributed by atoms with van der Waals surface area (Å²) in [5.74, 6) is 0.843. The molecule has 3 aromatic rings. The number of hydrogen-bond acceptors (Lipinski definition) is 5. The third kappa shape index (κ3) is 3.93. The first-order valence-corrected chi connectivity index (χ1v) is 9.76. The van der Waals surface area contributed by atoms with Gasteiger partial charge in [-0.05, 0) is 50.9 Å². The van der Waals surface area contributed by atoms with E-state index in [0.29, 0.717) is 6.54 Å². The predicted octanol–water partition coefficient (Wildman–Crippen LogP) is 3.30. The molecule has 0 bridgehead atoms. The third-order valence-electron chi connectivity index (χ3n) is 5.77. The van der Waals surface area contributed by atoms with Gasteiger partial charge in [0, 0.05) is 5.56 Å². The summed E-state index contributed by atoms with van der Waals surface area (Å²) in [6.07, 6.45) is 1.95. The smallest absolute Gasteiger partial charge is 0.494 e. The molecule has 0 atom stereocenters. The first kappa shape index (κ1) is 19.7. The van der Waals surface area contributed by atoms with Crippen LogP contribution in [0.25, 0.3) is 11.3 Å². The van der Waals surface area contributed by atoms with Gasteiger partial charge in [-0.15, -0.1) is 5.10 Å². The Labute approximate surface area is 171 Å². The second-order valence-corrected chi connectivity index (χ2v) is 8.36. The average Bonchev–Trinajstić information content (AvgIpc) is 3.24. The van der Waals surface area contributed by atoms with E-state index in [2.05, 4.69) is 38.0 Å². The zero-order valence-electron chi connectivity index (χ0n) is 17.5. The van der Waals surface area contributed by atoms with Gasteiger partial charge in [-0.1, -0.05) is 41.6 Å². The molecule has 150 valence electrons. The van der Waals surface area contributed by atoms with Gasteiger partial charge in [-0.3, -0.25) is 0 Å². The Kier molecular flexibility index (Phi) is 4.96. The van der Waals surface area contributed by atoms with Crippen LogP contribution >= 0.6 is 0 Å². The molecule has 0 amide bonds. The van der Waals surface area contributed by atoms with Crippen molar-refractivity contribution in [1.29, 1.82) is 0 Å². The fourth-order valence-corrected chi connectivity index (χ4v) is 3.22. The third-order valence-corrected chi connectivity index (χ3v) is 5.77. The summed E-state index contributed by atoms with van der Waals surface area (Å²) in [6, 6.07) is 16.1. The first-order chi connectivity index (χ1) is 13.8. The summed E-state index contributed by atoms with van der Waals surface area (Å²) in [7, 11) is 1.30. The van der Waals surface area contributed by atoms with E-state index >= 15 is 0 Å². The lowest BCUT2D eigenvalue weighted by atomic mass is 9.79. The summed E-state index contributed by atoms with van der Waals surface area (Å²) in [4.78, 5) is 0. The summed E-state index contributed by atoms with van der Waals surface area (Å²) in [5, 5.41) is 8.57. The van der Waals surface area contributed by atoms with Gasteiger partial charge in [0.1, 0.15) is 11.4 Å². The van der Waals surface area contributed by atoms with Crippen molar-refractivity contribution in [2.75, 3.05) is 7.11 Å². The van der Waals surface area contributed by atoms with Gasteiger partial charge >= 0.3 is 7.12 Å². The van der Waals surface area contributed by atoms with Crippen LogP contribution in [-0.2, 0) is 15.9 Å². The van der Waals surface area contributed by atoms with E-state index in [1.165, 1.54) is 0 Å². The Morgan fingerprint density at radius 3 is 2.14 bits per heavy atom. The summed E-state index contributed by atoms with van der Waals surface area (Å²) in [6.45, 7) is 8.89. The molecule has 4 rings (SSSR count). The zero-order valence-corrected chi connectivity index (χ0v) is 17.5. The van der Waals surface area contributed by atoms with E-state index in [-0.39, 0.29) is 18.3 Å². The van der Waals surface area contributed by atoms with Crippen molar-refractivity contribution < 1.29 is 14.0 Å². The lowest BCUT2D eigenvalue weighted by molar-refractivity contribution is 0.00578. The lowest BCUT2D eigenvalue weighted by Crippen LogP contribution is -2.41. The first-order valence-electron chi connectivity index (χ1n) is 9.76. The fraction of sp³-hybridized carbons (Fsp3) is 0.364. The van der Waals surface area contributed by atoms with Gasteiger partial charge < -0.3 is 14.0 Å². The molecule has 0 saturated carbocycles. The molecule has 7 heteroatoms. The van der Waals surface area contributed by atoms with Crippen LogP contribution in [0.15, 0.2) is 54.7 Å². The number of aromatic nitrogens is 3. The average molecular weight is 391 g/mol. The maximum absolute atomic E-state index is 6.12. The monoisotopic (exact) mass is 391 g/mol. The van der Waals surface area contributed by atoms with Gasteiger partial charge in [-0.25, -0.2) is 4.68 Å². The Morgan fingerprint density at radius 2 is 1.55 bits per heavy atom. The molecule has 0 spiro atoms. The second kappa shape index (κ2) is 7.32. The normalized spacial score (nSPS) is 17.5. The van der Waals surface area contributed by atoms with Gasteiger partial charge in [0.2, 0.25) is 0 Å². The van der Waals surface area contributed by atoms with Crippen LogP contribution in [0.1, 0.15) is 33.3 Å². The highest BCUT2D eigenvalue weighted by Gasteiger charge is 2.51. The molecule has 0 radical (unpaired) electrons. The standard InChI is InChI=1S/C22H26BN3O3/c1-21(2)22(3,4)29-23(28-21)18-10-8-17(9-11-18)20-15-26(25-24-20)14-16-6-12-19(27-5)13-7-16/h6-13,15H,14H2,1-5H3. The number of hydrogen-bond donors (Lipinski definition) is 0. The fourth-order valence-electron chi connectivity index (χ4n) is 3.22. The van der Waals surface area contributed by atoms with E-state index in [1.807, 2.05) is 59.4 Å². The van der Waals surface area contributed by atoms with Crippen LogP contribution in [0.5, 0.6) is 5.75 Å². The molecular formula is C22H26BN3O3. The van der Waals surface area contributed by atoms with Crippen molar-refractivity contribution in [2.45, 2.75) is 45.4 Å². The molecule has 0 N–H and O–H groups in total. The number of benzene rings is 2. The van der Waals surface area contributed by atoms with E-state index in [1.54, 1.807) is 7.11 Å². The Bertz CT molecular complexity index is 965. The topological polar surface area (TPSA) is 58.4 Å². The van der Waals surface area contributed by atoms with Gasteiger partial charge in [0.15, 0.2) is 0 Å². The minimum Gasteiger partial charge on any atom is -0.497 e. The Morgan fingerprint density at radius 1 is 0.931 bits per heavy atom. The molecule has 1 aliphatic heterocycles. The second-order valence-electron chi connectivity index (χ2n) is 8.36. The highest BCUT2D eigenvalue weighted by atomic mass is 16.7. The molecule has 1 aliphatic rings. The van der Waals surface area contributed by atoms with Crippen molar-refractivity contribution in [3.8, 4) is 17.0 Å². The summed E-state index contributed by atoms with van der Waals surface area (Å²) < 4.78 is 19.3. The molecule has 6 nitrogen and oxygen atoms in total. The summed E-state index contributed by atoms with van der Waals surface area (Å²) in [5.41, 5.74) is 3.28. The Balaban J connectivity index is 1.46. The molecule has 0 unspecified atom stereocenters. The van der Waals surface area contributed by atoms with Crippen LogP contribution in [0.2, 0.25) is 0 Å². The van der Waals surface area contributed by atoms with Crippen LogP contribution < -0.4 is 10.2 Å². The van der Waals surface area contributed by atoms with Gasteiger partial charge in [-0.2, -0.15) is 0 Å². The van der Waals surface area contributed by atoms with Crippen molar-refractivity contribution in [3.05, 3.63) is 60.3 Å². The van der Waals surface area contributed by atoms with Crippen LogP contribution in [0, 0.1) is 0 Å². The molecule has 1 aromatic heterocycles. The molecule has 2 aromatic carbocycles. The molecule has 0 aliphatic carbocycles. The van der Waals surface area contributed by atoms with Crippen LogP contribution in [0.3, 0.4) is 0 Å².